The van der Waals surface area contributed by atoms with E-state index in [4.69, 9.17) is 21.1 Å². The van der Waals surface area contributed by atoms with Gasteiger partial charge in [-0.25, -0.2) is 0 Å². The zero-order valence-corrected chi connectivity index (χ0v) is 32.3. The first-order valence-electron chi connectivity index (χ1n) is 17.3. The van der Waals surface area contributed by atoms with Crippen LogP contribution in [0.5, 0.6) is 5.75 Å². The molecule has 0 radical (unpaired) electrons. The molecule has 0 unspecified atom stereocenters. The van der Waals surface area contributed by atoms with E-state index in [1.165, 1.54) is 20.1 Å². The summed E-state index contributed by atoms with van der Waals surface area (Å²) in [6, 6.07) is 13.7. The molecular weight excluding hydrogens is 706 g/mol. The third kappa shape index (κ3) is 16.9. The predicted molar refractivity (Wildman–Crippen MR) is 206 cm³/mol. The molecule has 0 fully saturated rings. The topological polar surface area (TPSA) is 160 Å². The van der Waals surface area contributed by atoms with E-state index in [-0.39, 0.29) is 42.2 Å². The number of methoxy groups -OCH3 is 1. The van der Waals surface area contributed by atoms with Crippen molar-refractivity contribution in [2.24, 2.45) is 17.8 Å². The van der Waals surface area contributed by atoms with Crippen molar-refractivity contribution in [2.45, 2.75) is 72.1 Å². The molecule has 0 heterocycles. The third-order valence-electron chi connectivity index (χ3n) is 7.85. The highest BCUT2D eigenvalue weighted by molar-refractivity contribution is 8.13. The van der Waals surface area contributed by atoms with Gasteiger partial charge in [-0.15, -0.1) is 0 Å². The van der Waals surface area contributed by atoms with Crippen molar-refractivity contribution in [1.29, 1.82) is 0 Å². The number of carbonyl (C=O) groups is 5. The molecule has 0 aromatic heterocycles. The highest BCUT2D eigenvalue weighted by Gasteiger charge is 2.28. The Morgan fingerprint density at radius 1 is 1.00 bits per heavy atom. The number of aliphatic hydroxyl groups is 1. The summed E-state index contributed by atoms with van der Waals surface area (Å²) in [5, 5.41) is 18.7. The molecule has 0 aliphatic rings. The zero-order chi connectivity index (χ0) is 38.6. The van der Waals surface area contributed by atoms with E-state index in [1.54, 1.807) is 31.2 Å². The molecule has 2 aromatic carbocycles. The Balaban J connectivity index is 2.05. The van der Waals surface area contributed by atoms with Crippen LogP contribution in [0, 0.1) is 17.8 Å². The smallest absolute Gasteiger partial charge is 0.311 e. The number of nitrogens with one attached hydrogen (secondary N) is 3. The van der Waals surface area contributed by atoms with Gasteiger partial charge >= 0.3 is 5.97 Å². The summed E-state index contributed by atoms with van der Waals surface area (Å²) in [5.74, 6) is -2.06. The lowest BCUT2D eigenvalue weighted by molar-refractivity contribution is -0.157. The van der Waals surface area contributed by atoms with Crippen molar-refractivity contribution >= 4 is 58.2 Å². The van der Waals surface area contributed by atoms with Gasteiger partial charge in [-0.05, 0) is 48.1 Å². The van der Waals surface area contributed by atoms with Crippen LogP contribution in [0.1, 0.15) is 58.6 Å². The number of amides is 3. The van der Waals surface area contributed by atoms with E-state index in [2.05, 4.69) is 16.0 Å². The standard InChI is InChI=1S/C39H52ClN3O8S/c1-25(2)21-35(39(49)52-20-19-41-28(5)44)51-38(48)27(4)24-42-37(47)32(23-30-17-18-34(50-6)31(40)22-30)43-36(46)14-10-13-33(45)26(3)15-16-29-11-8-7-9-12-29/h7-12,14-18,22,25-27,32-33,35,45H,13,19-21,23-24H2,1-6H3,(H,41,44)(H,42,47)(H,43,46)/b14-10+,16-15+/t26-,27-,32-,33+,35+/m1/s1. The number of benzene rings is 2. The Morgan fingerprint density at radius 2 is 1.71 bits per heavy atom. The number of carbonyl (C=O) groups excluding carboxylic acids is 5. The minimum absolute atomic E-state index is 0.0701. The molecule has 0 aliphatic heterocycles. The highest BCUT2D eigenvalue weighted by Crippen LogP contribution is 2.25. The Morgan fingerprint density at radius 3 is 2.35 bits per heavy atom. The molecule has 2 aromatic rings. The van der Waals surface area contributed by atoms with Crippen molar-refractivity contribution < 1.29 is 38.6 Å². The van der Waals surface area contributed by atoms with E-state index in [9.17, 15) is 29.1 Å². The summed E-state index contributed by atoms with van der Waals surface area (Å²) >= 11 is 7.30. The molecular formula is C39H52ClN3O8S. The summed E-state index contributed by atoms with van der Waals surface area (Å²) in [7, 11) is 1.49. The quantitative estimate of drug-likeness (QED) is 0.0769. The van der Waals surface area contributed by atoms with Crippen molar-refractivity contribution in [3.8, 4) is 5.75 Å². The van der Waals surface area contributed by atoms with Crippen LogP contribution in [-0.4, -0.2) is 78.1 Å². The molecule has 0 spiro atoms. The van der Waals surface area contributed by atoms with E-state index >= 15 is 0 Å². The number of ether oxygens (including phenoxy) is 2. The van der Waals surface area contributed by atoms with Gasteiger partial charge in [0.1, 0.15) is 11.8 Å². The number of halogens is 1. The van der Waals surface area contributed by atoms with Crippen LogP contribution in [0.25, 0.3) is 6.08 Å². The summed E-state index contributed by atoms with van der Waals surface area (Å²) in [6.45, 7) is 8.86. The molecule has 52 heavy (non-hydrogen) atoms. The lowest BCUT2D eigenvalue weighted by atomic mass is 10.00. The average Bonchev–Trinajstić information content (AvgIpc) is 3.10. The number of hydrogen-bond acceptors (Lipinski definition) is 9. The summed E-state index contributed by atoms with van der Waals surface area (Å²) < 4.78 is 10.8. The SMILES string of the molecule is COc1ccc(C[C@@H](NC(=O)/C=C/C[C@H](O)[C@H](C)/C=C/c2ccccc2)C(=O)NC[C@@H](C)C(=O)O[C@@H](CC(C)C)C(=O)SCCNC(C)=O)cc1Cl. The van der Waals surface area contributed by atoms with Gasteiger partial charge in [-0.1, -0.05) is 106 Å². The molecule has 0 saturated carbocycles. The molecule has 5 atom stereocenters. The second kappa shape index (κ2) is 23.4. The van der Waals surface area contributed by atoms with E-state index in [1.807, 2.05) is 63.3 Å². The number of hydrogen-bond donors (Lipinski definition) is 4. The summed E-state index contributed by atoms with van der Waals surface area (Å²) in [5.41, 5.74) is 1.67. The molecule has 13 heteroatoms. The Bertz CT molecular complexity index is 1530. The Kier molecular flexibility index (Phi) is 19.8. The van der Waals surface area contributed by atoms with Gasteiger partial charge in [0, 0.05) is 38.1 Å². The second-order valence-corrected chi connectivity index (χ2v) is 14.4. The summed E-state index contributed by atoms with van der Waals surface area (Å²) in [6.07, 6.45) is 5.57. The van der Waals surface area contributed by atoms with Crippen LogP contribution >= 0.6 is 23.4 Å². The maximum atomic E-state index is 13.5. The van der Waals surface area contributed by atoms with Gasteiger partial charge in [0.2, 0.25) is 22.8 Å². The average molecular weight is 758 g/mol. The zero-order valence-electron chi connectivity index (χ0n) is 30.7. The first-order valence-corrected chi connectivity index (χ1v) is 18.7. The second-order valence-electron chi connectivity index (χ2n) is 12.9. The molecule has 0 saturated heterocycles. The molecule has 0 bridgehead atoms. The molecule has 2 rings (SSSR count). The van der Waals surface area contributed by atoms with Crippen LogP contribution in [0.2, 0.25) is 5.02 Å². The first-order chi connectivity index (χ1) is 24.7. The van der Waals surface area contributed by atoms with Crippen LogP contribution in [-0.2, 0) is 35.1 Å². The van der Waals surface area contributed by atoms with Gasteiger partial charge in [-0.2, -0.15) is 0 Å². The predicted octanol–water partition coefficient (Wildman–Crippen LogP) is 5.14. The fourth-order valence-corrected chi connectivity index (χ4v) is 5.81. The fraction of sp³-hybridized carbons (Fsp3) is 0.462. The van der Waals surface area contributed by atoms with Gasteiger partial charge in [-0.3, -0.25) is 24.0 Å². The maximum Gasteiger partial charge on any atom is 0.311 e. The van der Waals surface area contributed by atoms with Gasteiger partial charge < -0.3 is 30.5 Å². The molecule has 0 aliphatic carbocycles. The molecule has 11 nitrogen and oxygen atoms in total. The normalized spacial score (nSPS) is 14.3. The maximum absolute atomic E-state index is 13.5. The van der Waals surface area contributed by atoms with Crippen molar-refractivity contribution in [2.75, 3.05) is 26.0 Å². The minimum atomic E-state index is -1.04. The molecule has 4 N–H and O–H groups in total. The van der Waals surface area contributed by atoms with Crippen molar-refractivity contribution in [3.63, 3.8) is 0 Å². The van der Waals surface area contributed by atoms with Gasteiger partial charge in [0.05, 0.1) is 24.2 Å². The lowest BCUT2D eigenvalue weighted by Gasteiger charge is -2.22. The van der Waals surface area contributed by atoms with E-state index in [0.717, 1.165) is 17.3 Å². The largest absolute Gasteiger partial charge is 0.495 e. The summed E-state index contributed by atoms with van der Waals surface area (Å²) in [4.78, 5) is 63.4. The van der Waals surface area contributed by atoms with E-state index < -0.39 is 42.0 Å². The van der Waals surface area contributed by atoms with Crippen molar-refractivity contribution in [3.05, 3.63) is 82.9 Å². The van der Waals surface area contributed by atoms with Crippen molar-refractivity contribution in [1.82, 2.24) is 16.0 Å². The van der Waals surface area contributed by atoms with E-state index in [0.29, 0.717) is 35.1 Å². The number of rotatable bonds is 21. The van der Waals surface area contributed by atoms with Crippen LogP contribution in [0.15, 0.2) is 66.8 Å². The monoisotopic (exact) mass is 757 g/mol. The van der Waals surface area contributed by atoms with Crippen LogP contribution in [0.4, 0.5) is 0 Å². The third-order valence-corrected chi connectivity index (χ3v) is 9.10. The number of thioether (sulfide) groups is 1. The lowest BCUT2D eigenvalue weighted by Crippen LogP contribution is -2.49. The Labute approximate surface area is 316 Å². The van der Waals surface area contributed by atoms with Crippen LogP contribution < -0.4 is 20.7 Å². The number of esters is 1. The number of aliphatic hydroxyl groups excluding tert-OH is 1. The van der Waals surface area contributed by atoms with Crippen LogP contribution in [0.3, 0.4) is 0 Å². The first kappa shape index (κ1) is 44.0. The highest BCUT2D eigenvalue weighted by atomic mass is 35.5. The van der Waals surface area contributed by atoms with Gasteiger partial charge in [0.15, 0.2) is 6.10 Å². The Hall–Kier alpha value is -4.13. The molecule has 284 valence electrons. The fourth-order valence-electron chi connectivity index (χ4n) is 4.79. The van der Waals surface area contributed by atoms with Gasteiger partial charge in [0.25, 0.3) is 0 Å². The minimum Gasteiger partial charge on any atom is -0.495 e. The molecule has 3 amide bonds.